The number of ether oxygens (including phenoxy) is 1. The van der Waals surface area contributed by atoms with Gasteiger partial charge in [0.1, 0.15) is 5.82 Å². The first-order valence-corrected chi connectivity index (χ1v) is 14.7. The van der Waals surface area contributed by atoms with Gasteiger partial charge in [0.15, 0.2) is 0 Å². The van der Waals surface area contributed by atoms with Gasteiger partial charge in [-0.15, -0.1) is 47.2 Å². The largest absolute Gasteiger partial charge is 2.00 e. The molecular formula is C40H22N4OPtY-2. The molecule has 0 fully saturated rings. The number of hydrogen-bond acceptors (Lipinski definition) is 3. The molecule has 0 saturated carbocycles. The molecule has 47 heavy (non-hydrogen) atoms. The maximum absolute atomic E-state index is 6.45. The van der Waals surface area contributed by atoms with Crippen molar-refractivity contribution in [1.82, 2.24) is 19.1 Å². The molecule has 0 spiro atoms. The van der Waals surface area contributed by atoms with Crippen LogP contribution in [0, 0.1) is 24.3 Å². The molecule has 0 aliphatic heterocycles. The average molecular weight is 859 g/mol. The van der Waals surface area contributed by atoms with Crippen molar-refractivity contribution >= 4 is 43.6 Å². The molecule has 0 amide bonds. The van der Waals surface area contributed by atoms with E-state index in [2.05, 4.69) is 86.9 Å². The summed E-state index contributed by atoms with van der Waals surface area (Å²) in [5, 5.41) is 4.40. The second-order valence-corrected chi connectivity index (χ2v) is 10.8. The van der Waals surface area contributed by atoms with Crippen LogP contribution < -0.4 is 4.74 Å². The number of rotatable bonds is 5. The van der Waals surface area contributed by atoms with Crippen LogP contribution in [0.15, 0.2) is 134 Å². The second kappa shape index (κ2) is 13.0. The van der Waals surface area contributed by atoms with Crippen molar-refractivity contribution in [2.24, 2.45) is 0 Å². The van der Waals surface area contributed by atoms with Gasteiger partial charge in [0.2, 0.25) is 0 Å². The molecule has 4 heterocycles. The van der Waals surface area contributed by atoms with Crippen molar-refractivity contribution in [3.05, 3.63) is 158 Å². The monoisotopic (exact) mass is 858 g/mol. The van der Waals surface area contributed by atoms with Crippen LogP contribution in [-0.4, -0.2) is 19.1 Å². The van der Waals surface area contributed by atoms with Gasteiger partial charge in [0.25, 0.3) is 0 Å². The summed E-state index contributed by atoms with van der Waals surface area (Å²) >= 11 is 0. The van der Waals surface area contributed by atoms with E-state index in [0.29, 0.717) is 11.5 Å². The van der Waals surface area contributed by atoms with Crippen LogP contribution in [0.3, 0.4) is 0 Å². The van der Waals surface area contributed by atoms with Crippen LogP contribution in [0.5, 0.6) is 11.5 Å². The Balaban J connectivity index is 0.00000176. The van der Waals surface area contributed by atoms with Crippen molar-refractivity contribution in [1.29, 1.82) is 0 Å². The molecule has 223 valence electrons. The Morgan fingerprint density at radius 3 is 1.72 bits per heavy atom. The van der Waals surface area contributed by atoms with Gasteiger partial charge in [-0.05, 0) is 35.0 Å². The van der Waals surface area contributed by atoms with Gasteiger partial charge in [-0.3, -0.25) is 0 Å². The van der Waals surface area contributed by atoms with Crippen molar-refractivity contribution < 1.29 is 58.5 Å². The number of para-hydroxylation sites is 2. The van der Waals surface area contributed by atoms with Gasteiger partial charge in [-0.1, -0.05) is 59.7 Å². The number of pyridine rings is 2. The molecule has 0 bridgehead atoms. The first-order valence-electron chi connectivity index (χ1n) is 14.7. The fourth-order valence-corrected chi connectivity index (χ4v) is 6.13. The van der Waals surface area contributed by atoms with Gasteiger partial charge >= 0.3 is 21.1 Å². The molecule has 5 aromatic carbocycles. The minimum Gasteiger partial charge on any atom is -0.509 e. The van der Waals surface area contributed by atoms with Crippen molar-refractivity contribution in [2.45, 2.75) is 0 Å². The minimum atomic E-state index is 0. The molecule has 9 rings (SSSR count). The van der Waals surface area contributed by atoms with E-state index in [4.69, 9.17) is 9.72 Å². The number of benzene rings is 5. The molecule has 0 N–H and O–H groups in total. The number of nitrogens with zero attached hydrogens (tertiary/aromatic N) is 4. The van der Waals surface area contributed by atoms with Crippen LogP contribution in [0.1, 0.15) is 0 Å². The van der Waals surface area contributed by atoms with Crippen LogP contribution in [-0.2, 0) is 53.8 Å². The topological polar surface area (TPSA) is 44.9 Å². The van der Waals surface area contributed by atoms with Crippen molar-refractivity contribution in [3.8, 4) is 34.3 Å². The van der Waals surface area contributed by atoms with E-state index in [1.807, 2.05) is 79.0 Å². The third-order valence-corrected chi connectivity index (χ3v) is 8.12. The Labute approximate surface area is 311 Å². The summed E-state index contributed by atoms with van der Waals surface area (Å²) in [5.41, 5.74) is 5.72. The molecule has 1 radical (unpaired) electrons. The third-order valence-electron chi connectivity index (χ3n) is 8.12. The first-order chi connectivity index (χ1) is 22.3. The quantitative estimate of drug-likeness (QED) is 0.162. The predicted octanol–water partition coefficient (Wildman–Crippen LogP) is 9.33. The fourth-order valence-electron chi connectivity index (χ4n) is 6.13. The molecule has 0 unspecified atom stereocenters. The van der Waals surface area contributed by atoms with Crippen LogP contribution in [0.25, 0.3) is 66.4 Å². The smallest absolute Gasteiger partial charge is 0.509 e. The summed E-state index contributed by atoms with van der Waals surface area (Å²) in [6.45, 7) is 0. The molecule has 0 aliphatic carbocycles. The third kappa shape index (κ3) is 5.43. The molecule has 0 aliphatic rings. The zero-order valence-electron chi connectivity index (χ0n) is 24.8. The van der Waals surface area contributed by atoms with Gasteiger partial charge in [-0.25, -0.2) is 16.1 Å². The summed E-state index contributed by atoms with van der Waals surface area (Å²) in [6.07, 6.45) is 3.65. The Hall–Kier alpha value is -4.41. The standard InChI is InChI=1S/C40H22N4O.Pt.Y/c1-2-10-27(11-3-1)28-17-22-40(42-26-28)44-36-15-7-5-13-32(36)34-21-19-30(25-38(34)44)45-29-18-20-33-31-12-4-6-14-35(31)43(37(33)24-29)39-16-8-9-23-41-39;;/h1-10,12-16,18-23,26H;;/q-4;+2;. The molecule has 5 nitrogen and oxygen atoms in total. The summed E-state index contributed by atoms with van der Waals surface area (Å²) in [6, 6.07) is 54.1. The Bertz CT molecular complexity index is 2510. The van der Waals surface area contributed by atoms with E-state index >= 15 is 0 Å². The zero-order valence-corrected chi connectivity index (χ0v) is 29.9. The Morgan fingerprint density at radius 2 is 1.15 bits per heavy atom. The molecule has 9 aromatic rings. The van der Waals surface area contributed by atoms with E-state index < -0.39 is 0 Å². The first kappa shape index (κ1) is 31.2. The van der Waals surface area contributed by atoms with Crippen molar-refractivity contribution in [2.75, 3.05) is 0 Å². The number of hydrogen-bond donors (Lipinski definition) is 0. The average Bonchev–Trinajstić information content (AvgIpc) is 3.61. The molecule has 4 aromatic heterocycles. The summed E-state index contributed by atoms with van der Waals surface area (Å²) < 4.78 is 10.7. The Morgan fingerprint density at radius 1 is 0.532 bits per heavy atom. The summed E-state index contributed by atoms with van der Waals surface area (Å²) in [4.78, 5) is 9.48. The van der Waals surface area contributed by atoms with Gasteiger partial charge < -0.3 is 18.9 Å². The predicted molar refractivity (Wildman–Crippen MR) is 178 cm³/mol. The van der Waals surface area contributed by atoms with E-state index in [1.54, 1.807) is 6.20 Å². The number of fused-ring (bicyclic) bond motifs is 6. The van der Waals surface area contributed by atoms with E-state index in [9.17, 15) is 0 Å². The van der Waals surface area contributed by atoms with E-state index in [0.717, 1.165) is 66.4 Å². The van der Waals surface area contributed by atoms with Gasteiger partial charge in [0.05, 0.1) is 0 Å². The normalized spacial score (nSPS) is 11.1. The van der Waals surface area contributed by atoms with Gasteiger partial charge in [0, 0.05) is 67.3 Å². The molecule has 7 heteroatoms. The Kier molecular flexibility index (Phi) is 8.63. The summed E-state index contributed by atoms with van der Waals surface area (Å²) in [7, 11) is 0. The van der Waals surface area contributed by atoms with Crippen LogP contribution in [0.4, 0.5) is 0 Å². The van der Waals surface area contributed by atoms with E-state index in [1.165, 1.54) is 0 Å². The molecular weight excluding hydrogens is 836 g/mol. The van der Waals surface area contributed by atoms with E-state index in [-0.39, 0.29) is 53.8 Å². The van der Waals surface area contributed by atoms with Crippen molar-refractivity contribution in [3.63, 3.8) is 0 Å². The molecule has 0 saturated heterocycles. The number of aromatic nitrogens is 4. The minimum absolute atomic E-state index is 0. The maximum Gasteiger partial charge on any atom is 2.00 e. The molecule has 0 atom stereocenters. The maximum atomic E-state index is 6.45. The van der Waals surface area contributed by atoms with Gasteiger partial charge in [-0.2, -0.15) is 42.5 Å². The SMILES string of the molecule is [Pt+2].[Y].[c-]1ccccc1-c1[c-]cc(-n2c3[c-]c(Oc4[c-]c5c(cc4)c4ccccc4n5-c4ccccn4)ccc3c3ccccc32)nc1. The summed E-state index contributed by atoms with van der Waals surface area (Å²) in [5.74, 6) is 2.76. The van der Waals surface area contributed by atoms with Crippen LogP contribution >= 0.6 is 0 Å². The van der Waals surface area contributed by atoms with Crippen LogP contribution in [0.2, 0.25) is 0 Å². The second-order valence-electron chi connectivity index (χ2n) is 10.8. The fraction of sp³-hybridized carbons (Fsp3) is 0. The zero-order chi connectivity index (χ0) is 29.7.